The van der Waals surface area contributed by atoms with Crippen LogP contribution in [0.25, 0.3) is 0 Å². The fourth-order valence-corrected chi connectivity index (χ4v) is 1.46. The smallest absolute Gasteiger partial charge is 0.227 e. The van der Waals surface area contributed by atoms with Gasteiger partial charge < -0.3 is 5.32 Å². The van der Waals surface area contributed by atoms with E-state index in [0.29, 0.717) is 25.2 Å². The molecule has 0 aromatic rings. The Kier molecular flexibility index (Phi) is 9.30. The van der Waals surface area contributed by atoms with Gasteiger partial charge in [0, 0.05) is 19.4 Å². The van der Waals surface area contributed by atoms with Crippen molar-refractivity contribution in [3.8, 4) is 0 Å². The number of Topliss-reactive ketones (excluding diaryl/α,β-unsaturated/α-hetero) is 2. The van der Waals surface area contributed by atoms with E-state index >= 15 is 0 Å². The van der Waals surface area contributed by atoms with E-state index in [-0.39, 0.29) is 18.1 Å². The van der Waals surface area contributed by atoms with Gasteiger partial charge in [-0.3, -0.25) is 14.4 Å². The average molecular weight is 241 g/mol. The molecule has 0 heterocycles. The lowest BCUT2D eigenvalue weighted by atomic mass is 10.1. The Morgan fingerprint density at radius 1 is 1.00 bits per heavy atom. The molecule has 0 saturated carbocycles. The topological polar surface area (TPSA) is 63.2 Å². The van der Waals surface area contributed by atoms with Crippen LogP contribution in [0.3, 0.4) is 0 Å². The van der Waals surface area contributed by atoms with Crippen LogP contribution in [0.5, 0.6) is 0 Å². The van der Waals surface area contributed by atoms with Crippen LogP contribution in [0.15, 0.2) is 0 Å². The molecule has 0 radical (unpaired) electrons. The Morgan fingerprint density at radius 2 is 1.65 bits per heavy atom. The summed E-state index contributed by atoms with van der Waals surface area (Å²) in [5, 5.41) is 2.66. The molecule has 0 bridgehead atoms. The van der Waals surface area contributed by atoms with Crippen molar-refractivity contribution in [1.29, 1.82) is 0 Å². The van der Waals surface area contributed by atoms with Crippen LogP contribution in [0, 0.1) is 0 Å². The van der Waals surface area contributed by atoms with Crippen LogP contribution in [-0.4, -0.2) is 24.0 Å². The zero-order valence-corrected chi connectivity index (χ0v) is 10.9. The van der Waals surface area contributed by atoms with E-state index in [1.54, 1.807) is 0 Å². The maximum absolute atomic E-state index is 11.3. The van der Waals surface area contributed by atoms with Gasteiger partial charge in [0.15, 0.2) is 0 Å². The third-order valence-electron chi connectivity index (χ3n) is 2.42. The van der Waals surface area contributed by atoms with E-state index < -0.39 is 0 Å². The lowest BCUT2D eigenvalue weighted by Crippen LogP contribution is -2.26. The molecule has 98 valence electrons. The van der Waals surface area contributed by atoms with Gasteiger partial charge in [-0.1, -0.05) is 13.3 Å². The Morgan fingerprint density at radius 3 is 2.24 bits per heavy atom. The Bertz CT molecular complexity index is 261. The summed E-state index contributed by atoms with van der Waals surface area (Å²) in [6.45, 7) is 4.01. The molecule has 0 saturated heterocycles. The first-order valence-electron chi connectivity index (χ1n) is 6.34. The first kappa shape index (κ1) is 15.8. The highest BCUT2D eigenvalue weighted by Crippen LogP contribution is 2.02. The van der Waals surface area contributed by atoms with Gasteiger partial charge in [0.2, 0.25) is 5.91 Å². The predicted octanol–water partition coefficient (Wildman–Crippen LogP) is 2.01. The summed E-state index contributed by atoms with van der Waals surface area (Å²) < 4.78 is 0. The lowest BCUT2D eigenvalue weighted by Gasteiger charge is -2.03. The number of carbonyl (C=O) groups is 3. The Balaban J connectivity index is 3.37. The van der Waals surface area contributed by atoms with Crippen LogP contribution in [0.1, 0.15) is 58.8 Å². The maximum atomic E-state index is 11.3. The molecule has 0 aliphatic carbocycles. The largest absolute Gasteiger partial charge is 0.356 e. The molecule has 4 nitrogen and oxygen atoms in total. The number of unbranched alkanes of at least 4 members (excludes halogenated alkanes) is 2. The summed E-state index contributed by atoms with van der Waals surface area (Å²) in [7, 11) is 0. The number of nitrogens with one attached hydrogen (secondary N) is 1. The van der Waals surface area contributed by atoms with Crippen molar-refractivity contribution in [3.63, 3.8) is 0 Å². The minimum absolute atomic E-state index is 0.0462. The first-order valence-corrected chi connectivity index (χ1v) is 6.34. The summed E-state index contributed by atoms with van der Waals surface area (Å²) in [4.78, 5) is 33.0. The molecule has 0 unspecified atom stereocenters. The molecule has 0 spiro atoms. The van der Waals surface area contributed by atoms with E-state index in [4.69, 9.17) is 0 Å². The van der Waals surface area contributed by atoms with Crippen molar-refractivity contribution in [2.75, 3.05) is 6.54 Å². The van der Waals surface area contributed by atoms with Crippen LogP contribution >= 0.6 is 0 Å². The monoisotopic (exact) mass is 241 g/mol. The summed E-state index contributed by atoms with van der Waals surface area (Å²) in [6, 6.07) is 0. The van der Waals surface area contributed by atoms with E-state index in [9.17, 15) is 14.4 Å². The summed E-state index contributed by atoms with van der Waals surface area (Å²) in [5.41, 5.74) is 0. The Hall–Kier alpha value is -1.19. The van der Waals surface area contributed by atoms with Gasteiger partial charge in [-0.25, -0.2) is 0 Å². The number of amides is 1. The van der Waals surface area contributed by atoms with Crippen LogP contribution in [0.2, 0.25) is 0 Å². The zero-order valence-electron chi connectivity index (χ0n) is 10.9. The van der Waals surface area contributed by atoms with Gasteiger partial charge in [-0.2, -0.15) is 0 Å². The number of carbonyl (C=O) groups excluding carboxylic acids is 3. The fraction of sp³-hybridized carbons (Fsp3) is 0.769. The molecule has 0 rings (SSSR count). The van der Waals surface area contributed by atoms with E-state index in [0.717, 1.165) is 25.7 Å². The molecule has 4 heteroatoms. The van der Waals surface area contributed by atoms with Crippen molar-refractivity contribution >= 4 is 17.5 Å². The third kappa shape index (κ3) is 11.1. The molecular formula is C13H23NO3. The SMILES string of the molecule is CCCCC(=O)CCCCNC(=O)CC(C)=O. The third-order valence-corrected chi connectivity index (χ3v) is 2.42. The molecule has 0 atom stereocenters. The van der Waals surface area contributed by atoms with E-state index in [2.05, 4.69) is 12.2 Å². The number of hydrogen-bond donors (Lipinski definition) is 1. The molecule has 0 aromatic heterocycles. The average Bonchev–Trinajstić information content (AvgIpc) is 2.24. The summed E-state index contributed by atoms with van der Waals surface area (Å²) >= 11 is 0. The van der Waals surface area contributed by atoms with Crippen molar-refractivity contribution in [2.45, 2.75) is 58.8 Å². The highest BCUT2D eigenvalue weighted by molar-refractivity contribution is 5.96. The highest BCUT2D eigenvalue weighted by atomic mass is 16.2. The van der Waals surface area contributed by atoms with Gasteiger partial charge in [0.05, 0.1) is 6.42 Å². The molecule has 1 amide bonds. The quantitative estimate of drug-likeness (QED) is 0.470. The Labute approximate surface area is 103 Å². The fourth-order valence-electron chi connectivity index (χ4n) is 1.46. The molecule has 0 fully saturated rings. The minimum Gasteiger partial charge on any atom is -0.356 e. The summed E-state index contributed by atoms with van der Waals surface area (Å²) in [5.74, 6) is -0.0473. The molecule has 0 aliphatic rings. The molecule has 1 N–H and O–H groups in total. The van der Waals surface area contributed by atoms with Gasteiger partial charge in [0.1, 0.15) is 11.6 Å². The molecular weight excluding hydrogens is 218 g/mol. The first-order chi connectivity index (χ1) is 8.06. The molecule has 17 heavy (non-hydrogen) atoms. The van der Waals surface area contributed by atoms with Crippen molar-refractivity contribution < 1.29 is 14.4 Å². The number of ketones is 2. The van der Waals surface area contributed by atoms with Crippen LogP contribution in [-0.2, 0) is 14.4 Å². The lowest BCUT2D eigenvalue weighted by molar-refractivity contribution is -0.127. The van der Waals surface area contributed by atoms with E-state index in [1.165, 1.54) is 6.92 Å². The van der Waals surface area contributed by atoms with Gasteiger partial charge in [0.25, 0.3) is 0 Å². The highest BCUT2D eigenvalue weighted by Gasteiger charge is 2.04. The molecule has 0 aliphatic heterocycles. The zero-order chi connectivity index (χ0) is 13.1. The van der Waals surface area contributed by atoms with Crippen molar-refractivity contribution in [2.24, 2.45) is 0 Å². The minimum atomic E-state index is -0.227. The van der Waals surface area contributed by atoms with Gasteiger partial charge >= 0.3 is 0 Å². The second-order valence-corrected chi connectivity index (χ2v) is 4.33. The second-order valence-electron chi connectivity index (χ2n) is 4.33. The van der Waals surface area contributed by atoms with E-state index in [1.807, 2.05) is 0 Å². The van der Waals surface area contributed by atoms with Crippen LogP contribution < -0.4 is 5.32 Å². The molecule has 0 aromatic carbocycles. The van der Waals surface area contributed by atoms with Crippen molar-refractivity contribution in [3.05, 3.63) is 0 Å². The number of hydrogen-bond acceptors (Lipinski definition) is 3. The van der Waals surface area contributed by atoms with Gasteiger partial charge in [-0.05, 0) is 26.2 Å². The second kappa shape index (κ2) is 10.00. The maximum Gasteiger partial charge on any atom is 0.227 e. The van der Waals surface area contributed by atoms with Gasteiger partial charge in [-0.15, -0.1) is 0 Å². The van der Waals surface area contributed by atoms with Crippen molar-refractivity contribution in [1.82, 2.24) is 5.32 Å². The number of rotatable bonds is 10. The predicted molar refractivity (Wildman–Crippen MR) is 66.7 cm³/mol. The summed E-state index contributed by atoms with van der Waals surface area (Å²) in [6.07, 6.45) is 4.84. The normalized spacial score (nSPS) is 10.0. The van der Waals surface area contributed by atoms with Crippen LogP contribution in [0.4, 0.5) is 0 Å². The standard InChI is InChI=1S/C13H23NO3/c1-3-4-7-12(16)8-5-6-9-14-13(17)10-11(2)15/h3-10H2,1-2H3,(H,14,17).